The Morgan fingerprint density at radius 3 is 1.29 bits per heavy atom. The number of carboxylic acid groups (broad SMARTS) is 3. The number of carbonyl (C=O) groups excluding carboxylic acids is 1. The predicted octanol–water partition coefficient (Wildman–Crippen LogP) is 7.62. The molecule has 0 heterocycles. The summed E-state index contributed by atoms with van der Waals surface area (Å²) in [7, 11) is 0. The molecule has 7 nitrogen and oxygen atoms in total. The van der Waals surface area contributed by atoms with E-state index >= 15 is 0 Å². The molecule has 3 atom stereocenters. The van der Waals surface area contributed by atoms with Crippen LogP contribution in [0.5, 0.6) is 0 Å². The van der Waals surface area contributed by atoms with Crippen LogP contribution in [0.3, 0.4) is 0 Å². The Bertz CT molecular complexity index is 677. The van der Waals surface area contributed by atoms with E-state index in [1.165, 1.54) is 83.5 Å². The van der Waals surface area contributed by atoms with Crippen molar-refractivity contribution < 1.29 is 34.2 Å². The molecule has 0 saturated carbocycles. The van der Waals surface area contributed by atoms with Gasteiger partial charge >= 0.3 is 11.9 Å². The fourth-order valence-electron chi connectivity index (χ4n) is 6.09. The van der Waals surface area contributed by atoms with Gasteiger partial charge in [-0.25, -0.2) is 0 Å². The van der Waals surface area contributed by atoms with Crippen molar-refractivity contribution in [2.45, 2.75) is 150 Å². The van der Waals surface area contributed by atoms with Gasteiger partial charge in [0.2, 0.25) is 0 Å². The highest BCUT2D eigenvalue weighted by molar-refractivity contribution is 5.70. The van der Waals surface area contributed by atoms with E-state index in [4.69, 9.17) is 0 Å². The van der Waals surface area contributed by atoms with E-state index < -0.39 is 35.7 Å². The minimum Gasteiger partial charge on any atom is -0.550 e. The summed E-state index contributed by atoms with van der Waals surface area (Å²) < 4.78 is 0.220. The molecule has 0 fully saturated rings. The second-order valence-corrected chi connectivity index (χ2v) is 12.6. The molecule has 0 rings (SSSR count). The Labute approximate surface area is 257 Å². The zero-order chi connectivity index (χ0) is 31.6. The summed E-state index contributed by atoms with van der Waals surface area (Å²) in [6, 6.07) is 0. The number of hydrogen-bond donors (Lipinski definition) is 2. The van der Waals surface area contributed by atoms with Crippen LogP contribution < -0.4 is 5.11 Å². The van der Waals surface area contributed by atoms with Crippen molar-refractivity contribution in [2.75, 3.05) is 26.2 Å². The fourth-order valence-corrected chi connectivity index (χ4v) is 6.09. The zero-order valence-corrected chi connectivity index (χ0v) is 27.6. The van der Waals surface area contributed by atoms with Gasteiger partial charge in [0.05, 0.1) is 32.1 Å². The van der Waals surface area contributed by atoms with Crippen molar-refractivity contribution in [3.05, 3.63) is 12.2 Å². The molecule has 0 radical (unpaired) electrons. The monoisotopic (exact) mass is 595 g/mol. The minimum absolute atomic E-state index is 0.220. The third-order valence-corrected chi connectivity index (χ3v) is 8.96. The summed E-state index contributed by atoms with van der Waals surface area (Å²) in [5.41, 5.74) is 0. The van der Waals surface area contributed by atoms with Gasteiger partial charge in [-0.05, 0) is 51.4 Å². The van der Waals surface area contributed by atoms with Gasteiger partial charge < -0.3 is 24.6 Å². The highest BCUT2D eigenvalue weighted by Crippen LogP contribution is 2.25. The van der Waals surface area contributed by atoms with Crippen LogP contribution >= 0.6 is 0 Å². The summed E-state index contributed by atoms with van der Waals surface area (Å²) in [6.07, 6.45) is 25.4. The maximum atomic E-state index is 12.0. The third-order valence-electron chi connectivity index (χ3n) is 8.96. The van der Waals surface area contributed by atoms with E-state index in [1.807, 2.05) is 13.8 Å². The second kappa shape index (κ2) is 25.6. The van der Waals surface area contributed by atoms with E-state index in [-0.39, 0.29) is 24.1 Å². The topological polar surface area (TPSA) is 115 Å². The molecule has 0 aliphatic heterocycles. The largest absolute Gasteiger partial charge is 0.550 e. The van der Waals surface area contributed by atoms with Crippen molar-refractivity contribution in [3.63, 3.8) is 0 Å². The Morgan fingerprint density at radius 1 is 0.571 bits per heavy atom. The Morgan fingerprint density at radius 2 is 0.929 bits per heavy atom. The number of hydrogen-bond acceptors (Lipinski definition) is 4. The molecule has 2 N–H and O–H groups in total. The Kier molecular flexibility index (Phi) is 24.4. The average molecular weight is 596 g/mol. The van der Waals surface area contributed by atoms with Crippen LogP contribution in [0, 0.1) is 17.8 Å². The lowest BCUT2D eigenvalue weighted by Gasteiger charge is -2.44. The molecule has 0 aliphatic carbocycles. The van der Waals surface area contributed by atoms with Crippen LogP contribution in [0.4, 0.5) is 0 Å². The average Bonchev–Trinajstić information content (AvgIpc) is 2.96. The van der Waals surface area contributed by atoms with Gasteiger partial charge in [-0.2, -0.15) is 0 Å². The number of allylic oxidation sites excluding steroid dienone is 2. The number of aliphatic carboxylic acids is 3. The first-order valence-corrected chi connectivity index (χ1v) is 17.3. The highest BCUT2D eigenvalue weighted by atomic mass is 16.4. The van der Waals surface area contributed by atoms with Gasteiger partial charge in [0.1, 0.15) is 11.8 Å². The molecule has 7 heteroatoms. The van der Waals surface area contributed by atoms with Gasteiger partial charge in [-0.15, -0.1) is 0 Å². The normalized spacial score (nSPS) is 15.3. The van der Waals surface area contributed by atoms with Crippen molar-refractivity contribution in [1.29, 1.82) is 0 Å². The summed E-state index contributed by atoms with van der Waals surface area (Å²) in [5, 5.41) is 31.5. The van der Waals surface area contributed by atoms with Gasteiger partial charge in [-0.3, -0.25) is 9.59 Å². The number of nitrogens with zero attached hydrogens (tertiary/aromatic N) is 1. The molecule has 42 heavy (non-hydrogen) atoms. The van der Waals surface area contributed by atoms with Gasteiger partial charge in [0, 0.05) is 5.92 Å². The molecule has 3 unspecified atom stereocenters. The molecule has 0 aromatic heterocycles. The molecule has 0 aliphatic rings. The third kappa shape index (κ3) is 19.3. The quantitative estimate of drug-likeness (QED) is 0.0501. The first-order chi connectivity index (χ1) is 20.2. The smallest absolute Gasteiger partial charge is 0.312 e. The standard InChI is InChI=1S/C35H65NO6/c1-5-9-10-11-12-13-14-15-16-17-18-19-20-21-22-23-24-25-26-36(27-30(6-2)33(37)38,28-31(7-3)34(39)40)29-32(8-4)35(41)42/h10-11,30-32H,5-9,12-29H2,1-4H3,(H2-,37,38,39,40,41,42)/b11-10+. The molecular weight excluding hydrogens is 530 g/mol. The van der Waals surface area contributed by atoms with E-state index in [1.54, 1.807) is 6.92 Å². The summed E-state index contributed by atoms with van der Waals surface area (Å²) in [5.74, 6) is -4.94. The van der Waals surface area contributed by atoms with Crippen molar-refractivity contribution >= 4 is 17.9 Å². The molecule has 0 aromatic rings. The van der Waals surface area contributed by atoms with Crippen molar-refractivity contribution in [2.24, 2.45) is 17.8 Å². The maximum Gasteiger partial charge on any atom is 0.312 e. The van der Waals surface area contributed by atoms with Gasteiger partial charge in [-0.1, -0.05) is 110 Å². The first kappa shape index (κ1) is 40.1. The van der Waals surface area contributed by atoms with Crippen molar-refractivity contribution in [1.82, 2.24) is 0 Å². The molecule has 0 saturated heterocycles. The number of carboxylic acids is 3. The van der Waals surface area contributed by atoms with E-state index in [0.717, 1.165) is 19.3 Å². The molecule has 246 valence electrons. The van der Waals surface area contributed by atoms with Crippen LogP contribution in [0.1, 0.15) is 150 Å². The minimum atomic E-state index is -1.14. The van der Waals surface area contributed by atoms with E-state index in [2.05, 4.69) is 19.1 Å². The lowest BCUT2D eigenvalue weighted by atomic mass is 9.95. The molecule has 0 aromatic carbocycles. The first-order valence-electron chi connectivity index (χ1n) is 17.3. The zero-order valence-electron chi connectivity index (χ0n) is 27.6. The van der Waals surface area contributed by atoms with Crippen LogP contribution in [0.25, 0.3) is 0 Å². The Balaban J connectivity index is 4.68. The van der Waals surface area contributed by atoms with Gasteiger partial charge in [0.15, 0.2) is 0 Å². The number of carbonyl (C=O) groups is 3. The van der Waals surface area contributed by atoms with Crippen LogP contribution in [0.2, 0.25) is 0 Å². The lowest BCUT2D eigenvalue weighted by Crippen LogP contribution is -2.59. The molecule has 0 spiro atoms. The van der Waals surface area contributed by atoms with E-state index in [0.29, 0.717) is 25.8 Å². The van der Waals surface area contributed by atoms with E-state index in [9.17, 15) is 29.7 Å². The second-order valence-electron chi connectivity index (χ2n) is 12.6. The molecule has 0 bridgehead atoms. The van der Waals surface area contributed by atoms with Crippen LogP contribution in [-0.2, 0) is 14.4 Å². The summed E-state index contributed by atoms with van der Waals surface area (Å²) in [4.78, 5) is 35.8. The molecule has 0 amide bonds. The predicted molar refractivity (Wildman–Crippen MR) is 170 cm³/mol. The number of unbranched alkanes of at least 4 members (excludes halogenated alkanes) is 14. The number of rotatable bonds is 30. The summed E-state index contributed by atoms with van der Waals surface area (Å²) >= 11 is 0. The van der Waals surface area contributed by atoms with Gasteiger partial charge in [0.25, 0.3) is 0 Å². The summed E-state index contributed by atoms with van der Waals surface area (Å²) in [6.45, 7) is 9.01. The van der Waals surface area contributed by atoms with Crippen LogP contribution in [-0.4, -0.2) is 58.8 Å². The number of quaternary nitrogens is 1. The lowest BCUT2D eigenvalue weighted by molar-refractivity contribution is -0.935. The SMILES string of the molecule is CCC/C=C/CCCCCCCCCCCCCCC[N+](CC(CC)C(=O)[O-])(CC(CC)C(=O)O)CC(CC)C(=O)O. The fraction of sp³-hybridized carbons (Fsp3) is 0.857. The molecular formula is C35H65NO6. The Hall–Kier alpha value is -1.89. The highest BCUT2D eigenvalue weighted by Gasteiger charge is 2.39. The maximum absolute atomic E-state index is 12.0. The van der Waals surface area contributed by atoms with Crippen molar-refractivity contribution in [3.8, 4) is 0 Å². The van der Waals surface area contributed by atoms with Crippen LogP contribution in [0.15, 0.2) is 12.2 Å².